The van der Waals surface area contributed by atoms with Crippen LogP contribution in [0, 0.1) is 19.7 Å². The molecule has 2 aromatic heterocycles. The first-order chi connectivity index (χ1) is 14.0. The normalized spacial score (nSPS) is 11.7. The molecule has 8 heteroatoms. The number of nitrogens with zero attached hydrogens (tertiary/aromatic N) is 4. The van der Waals surface area contributed by atoms with Gasteiger partial charge in [-0.25, -0.2) is 4.39 Å². The summed E-state index contributed by atoms with van der Waals surface area (Å²) >= 11 is 0. The van der Waals surface area contributed by atoms with Gasteiger partial charge in [0.2, 0.25) is 5.91 Å². The molecule has 1 aromatic carbocycles. The van der Waals surface area contributed by atoms with Crippen LogP contribution >= 0.6 is 0 Å². The molecule has 0 atom stereocenters. The fraction of sp³-hybridized carbons (Fsp3) is 0.364. The minimum Gasteiger partial charge on any atom is -0.478 e. The van der Waals surface area contributed by atoms with Crippen molar-refractivity contribution in [3.63, 3.8) is 0 Å². The van der Waals surface area contributed by atoms with Crippen molar-refractivity contribution in [3.8, 4) is 17.1 Å². The SMILES string of the molecule is Cc1ccc(OC(C)(C)c2nnc(-c3ccc(C(N)=O)cc3F)n2C(C)C)c(C)n1. The molecule has 3 aromatic rings. The number of nitrogens with two attached hydrogens (primary N) is 1. The number of halogens is 1. The first-order valence-corrected chi connectivity index (χ1v) is 9.69. The second kappa shape index (κ2) is 7.85. The van der Waals surface area contributed by atoms with Crippen LogP contribution in [-0.2, 0) is 5.60 Å². The Morgan fingerprint density at radius 3 is 2.43 bits per heavy atom. The predicted octanol–water partition coefficient (Wildman–Crippen LogP) is 4.09. The monoisotopic (exact) mass is 411 g/mol. The van der Waals surface area contributed by atoms with E-state index in [1.54, 1.807) is 0 Å². The molecular weight excluding hydrogens is 385 g/mol. The van der Waals surface area contributed by atoms with Gasteiger partial charge in [0.25, 0.3) is 0 Å². The number of pyridine rings is 1. The molecule has 0 unspecified atom stereocenters. The van der Waals surface area contributed by atoms with E-state index in [0.717, 1.165) is 17.5 Å². The third kappa shape index (κ3) is 4.03. The van der Waals surface area contributed by atoms with Crippen LogP contribution < -0.4 is 10.5 Å². The summed E-state index contributed by atoms with van der Waals surface area (Å²) in [5.74, 6) is 0.254. The van der Waals surface area contributed by atoms with E-state index in [0.29, 0.717) is 17.4 Å². The average Bonchev–Trinajstić information content (AvgIpc) is 3.10. The van der Waals surface area contributed by atoms with Crippen LogP contribution in [0.25, 0.3) is 11.4 Å². The topological polar surface area (TPSA) is 95.9 Å². The van der Waals surface area contributed by atoms with Crippen molar-refractivity contribution in [2.24, 2.45) is 5.73 Å². The number of hydrogen-bond donors (Lipinski definition) is 1. The predicted molar refractivity (Wildman–Crippen MR) is 112 cm³/mol. The molecule has 1 amide bonds. The quantitative estimate of drug-likeness (QED) is 0.659. The summed E-state index contributed by atoms with van der Waals surface area (Å²) in [7, 11) is 0. The fourth-order valence-electron chi connectivity index (χ4n) is 3.33. The van der Waals surface area contributed by atoms with Gasteiger partial charge < -0.3 is 15.0 Å². The molecule has 2 heterocycles. The lowest BCUT2D eigenvalue weighted by atomic mass is 10.1. The minimum atomic E-state index is -0.860. The lowest BCUT2D eigenvalue weighted by Gasteiger charge is -2.28. The Balaban J connectivity index is 2.07. The van der Waals surface area contributed by atoms with Gasteiger partial charge in [0.15, 0.2) is 17.2 Å². The molecule has 0 aliphatic heterocycles. The van der Waals surface area contributed by atoms with Crippen molar-refractivity contribution in [1.82, 2.24) is 19.7 Å². The molecule has 30 heavy (non-hydrogen) atoms. The van der Waals surface area contributed by atoms with Crippen LogP contribution in [0.2, 0.25) is 0 Å². The Kier molecular flexibility index (Phi) is 5.61. The van der Waals surface area contributed by atoms with Crippen LogP contribution in [0.5, 0.6) is 5.75 Å². The van der Waals surface area contributed by atoms with Crippen molar-refractivity contribution in [2.45, 2.75) is 53.2 Å². The maximum atomic E-state index is 14.8. The zero-order chi connectivity index (χ0) is 22.2. The molecule has 0 bridgehead atoms. The van der Waals surface area contributed by atoms with Gasteiger partial charge in [-0.15, -0.1) is 10.2 Å². The van der Waals surface area contributed by atoms with Crippen LogP contribution in [0.3, 0.4) is 0 Å². The Morgan fingerprint density at radius 2 is 1.87 bits per heavy atom. The number of primary amides is 1. The van der Waals surface area contributed by atoms with Gasteiger partial charge in [-0.05, 0) is 71.9 Å². The second-order valence-corrected chi connectivity index (χ2v) is 8.02. The molecule has 7 nitrogen and oxygen atoms in total. The molecule has 0 radical (unpaired) electrons. The van der Waals surface area contributed by atoms with E-state index in [4.69, 9.17) is 10.5 Å². The van der Waals surface area contributed by atoms with Gasteiger partial charge in [0.05, 0.1) is 11.3 Å². The van der Waals surface area contributed by atoms with E-state index in [9.17, 15) is 9.18 Å². The van der Waals surface area contributed by atoms with Crippen LogP contribution in [-0.4, -0.2) is 25.7 Å². The van der Waals surface area contributed by atoms with E-state index in [2.05, 4.69) is 15.2 Å². The van der Waals surface area contributed by atoms with Crippen LogP contribution in [0.15, 0.2) is 30.3 Å². The molecular formula is C22H26FN5O2. The largest absolute Gasteiger partial charge is 0.478 e. The summed E-state index contributed by atoms with van der Waals surface area (Å²) < 4.78 is 22.8. The zero-order valence-electron chi connectivity index (χ0n) is 18.0. The van der Waals surface area contributed by atoms with Crippen LogP contribution in [0.4, 0.5) is 4.39 Å². The van der Waals surface area contributed by atoms with Gasteiger partial charge in [-0.2, -0.15) is 0 Å². The van der Waals surface area contributed by atoms with Gasteiger partial charge in [-0.1, -0.05) is 0 Å². The van der Waals surface area contributed by atoms with E-state index in [1.807, 2.05) is 58.2 Å². The average molecular weight is 411 g/mol. The fourth-order valence-corrected chi connectivity index (χ4v) is 3.33. The van der Waals surface area contributed by atoms with E-state index >= 15 is 0 Å². The minimum absolute atomic E-state index is 0.0691. The maximum Gasteiger partial charge on any atom is 0.248 e. The van der Waals surface area contributed by atoms with Crippen molar-refractivity contribution >= 4 is 5.91 Å². The summed E-state index contributed by atoms with van der Waals surface area (Å²) in [5.41, 5.74) is 6.39. The molecule has 0 aliphatic rings. The summed E-state index contributed by atoms with van der Waals surface area (Å²) in [6.07, 6.45) is 0. The number of carbonyl (C=O) groups excluding carboxylic acids is 1. The molecule has 0 fully saturated rings. The van der Waals surface area contributed by atoms with Crippen LogP contribution in [0.1, 0.15) is 61.3 Å². The van der Waals surface area contributed by atoms with E-state index < -0.39 is 17.3 Å². The number of carbonyl (C=O) groups is 1. The number of aryl methyl sites for hydroxylation is 2. The lowest BCUT2D eigenvalue weighted by molar-refractivity contribution is 0.0909. The smallest absolute Gasteiger partial charge is 0.248 e. The number of aromatic nitrogens is 4. The molecule has 158 valence electrons. The van der Waals surface area contributed by atoms with Gasteiger partial charge >= 0.3 is 0 Å². The highest BCUT2D eigenvalue weighted by Crippen LogP contribution is 2.33. The highest BCUT2D eigenvalue weighted by molar-refractivity contribution is 5.93. The van der Waals surface area contributed by atoms with Crippen molar-refractivity contribution < 1.29 is 13.9 Å². The maximum absolute atomic E-state index is 14.8. The van der Waals surface area contributed by atoms with Gasteiger partial charge in [0.1, 0.15) is 11.6 Å². The highest BCUT2D eigenvalue weighted by atomic mass is 19.1. The third-order valence-corrected chi connectivity index (χ3v) is 4.79. The second-order valence-electron chi connectivity index (χ2n) is 8.02. The van der Waals surface area contributed by atoms with Crippen molar-refractivity contribution in [2.75, 3.05) is 0 Å². The molecule has 2 N–H and O–H groups in total. The first-order valence-electron chi connectivity index (χ1n) is 9.69. The molecule has 0 aliphatic carbocycles. The van der Waals surface area contributed by atoms with Crippen molar-refractivity contribution in [1.29, 1.82) is 0 Å². The number of amides is 1. The van der Waals surface area contributed by atoms with E-state index in [-0.39, 0.29) is 17.2 Å². The molecule has 0 saturated heterocycles. The number of rotatable bonds is 6. The molecule has 0 saturated carbocycles. The summed E-state index contributed by atoms with van der Waals surface area (Å²) in [6, 6.07) is 7.76. The zero-order valence-corrected chi connectivity index (χ0v) is 18.0. The summed E-state index contributed by atoms with van der Waals surface area (Å²) in [4.78, 5) is 15.8. The Labute approximate surface area is 175 Å². The van der Waals surface area contributed by atoms with Crippen molar-refractivity contribution in [3.05, 3.63) is 58.9 Å². The first kappa shape index (κ1) is 21.4. The molecule has 3 rings (SSSR count). The van der Waals surface area contributed by atoms with Gasteiger partial charge in [0, 0.05) is 17.3 Å². The third-order valence-electron chi connectivity index (χ3n) is 4.79. The summed E-state index contributed by atoms with van der Waals surface area (Å²) in [5, 5.41) is 8.59. The summed E-state index contributed by atoms with van der Waals surface area (Å²) in [6.45, 7) is 11.5. The Hall–Kier alpha value is -3.29. The van der Waals surface area contributed by atoms with Gasteiger partial charge in [-0.3, -0.25) is 9.78 Å². The Morgan fingerprint density at radius 1 is 1.17 bits per heavy atom. The van der Waals surface area contributed by atoms with E-state index in [1.165, 1.54) is 12.1 Å². The number of benzene rings is 1. The molecule has 0 spiro atoms. The Bertz CT molecular complexity index is 1100. The number of ether oxygens (including phenoxy) is 1. The lowest BCUT2D eigenvalue weighted by Crippen LogP contribution is -2.31. The number of hydrogen-bond acceptors (Lipinski definition) is 5. The highest BCUT2D eigenvalue weighted by Gasteiger charge is 2.33. The standard InChI is InChI=1S/C22H26FN5O2/c1-12(2)28-20(16-9-8-15(19(24)29)11-17(16)23)26-27-21(28)22(5,6)30-18-10-7-13(3)25-14(18)4/h7-12H,1-6H3,(H2,24,29).